The van der Waals surface area contributed by atoms with Crippen molar-refractivity contribution in [2.75, 3.05) is 33.9 Å². The fraction of sp³-hybridized carbons (Fsp3) is 0.650. The maximum atomic E-state index is 13.6. The summed E-state index contributed by atoms with van der Waals surface area (Å²) in [4.78, 5) is 67.3. The normalized spacial score (nSPS) is 22.4. The number of aromatic amines is 2. The van der Waals surface area contributed by atoms with Crippen LogP contribution in [0, 0.1) is 5.92 Å². The number of hydrogen-bond donors (Lipinski definition) is 5. The molecule has 2 aromatic heterocycles. The Morgan fingerprint density at radius 1 is 0.944 bits per heavy atom. The Bertz CT molecular complexity index is 1730. The molecule has 2 unspecified atom stereocenters. The van der Waals surface area contributed by atoms with Gasteiger partial charge in [0.05, 0.1) is 37.8 Å². The molecule has 0 spiro atoms. The van der Waals surface area contributed by atoms with Crippen molar-refractivity contribution in [3.05, 3.63) is 47.3 Å². The number of benzene rings is 1. The molecule has 3 saturated carbocycles. The van der Waals surface area contributed by atoms with Gasteiger partial charge in [0, 0.05) is 36.8 Å². The van der Waals surface area contributed by atoms with Crippen LogP contribution in [0.25, 0.3) is 11.0 Å². The van der Waals surface area contributed by atoms with Crippen molar-refractivity contribution in [1.82, 2.24) is 40.8 Å². The van der Waals surface area contributed by atoms with Gasteiger partial charge in [0.1, 0.15) is 17.7 Å². The molecule has 1 saturated heterocycles. The number of rotatable bonds is 13. The Labute approximate surface area is 318 Å². The molecule has 7 rings (SSSR count). The lowest BCUT2D eigenvalue weighted by Gasteiger charge is -2.53. The van der Waals surface area contributed by atoms with E-state index in [0.717, 1.165) is 93.3 Å². The number of carbonyl (C=O) groups is 4. The molecule has 0 radical (unpaired) electrons. The summed E-state index contributed by atoms with van der Waals surface area (Å²) in [6, 6.07) is 5.92. The first-order chi connectivity index (χ1) is 26.0. The standard InChI is InChI=1S/C37H52N8O6.C3H8/c1-23(2)31(44-35(49)51-4)33(47)45-19-7-8-27(45)32-39-21-28(43-32)37-15-12-36(13-16-37,14-17-37)24-10-11-25-26(20-24)42-29(41-25)9-5-6-18-38-30(46)22-40-34(48)50-3;1-3-2/h10-11,20-21,23,27,31H,5-9,12-19,22H2,1-4H3,(H,38,46)(H,39,43)(H,40,48)(H,41,42)(H,44,49);3H2,1-2H3. The molecule has 1 aliphatic heterocycles. The summed E-state index contributed by atoms with van der Waals surface area (Å²) in [5.74, 6) is 1.37. The molecule has 3 heterocycles. The first-order valence-corrected chi connectivity index (χ1v) is 19.8. The van der Waals surface area contributed by atoms with Crippen LogP contribution < -0.4 is 16.0 Å². The van der Waals surface area contributed by atoms with Crippen molar-refractivity contribution in [2.45, 2.75) is 128 Å². The van der Waals surface area contributed by atoms with Crippen LogP contribution in [0.1, 0.15) is 127 Å². The van der Waals surface area contributed by atoms with E-state index in [4.69, 9.17) is 14.7 Å². The van der Waals surface area contributed by atoms with Crippen LogP contribution in [0.2, 0.25) is 0 Å². The molecule has 4 aliphatic rings. The molecule has 5 N–H and O–H groups in total. The SMILES string of the molecule is CCC.COC(=O)NCC(=O)NCCCCc1nc2ccc(C34CCC(c5cnc(C6CCCN6C(=O)C(NC(=O)OC)C(C)C)[nH]5)(CC3)CC4)cc2[nH]1. The highest BCUT2D eigenvalue weighted by Gasteiger charge is 2.51. The van der Waals surface area contributed by atoms with Gasteiger partial charge >= 0.3 is 12.2 Å². The zero-order valence-corrected chi connectivity index (χ0v) is 32.9. The minimum absolute atomic E-state index is 0.0654. The average molecular weight is 749 g/mol. The fourth-order valence-electron chi connectivity index (χ4n) is 8.43. The van der Waals surface area contributed by atoms with Gasteiger partial charge in [0.25, 0.3) is 0 Å². The van der Waals surface area contributed by atoms with Gasteiger partial charge in [0.15, 0.2) is 0 Å². The van der Waals surface area contributed by atoms with E-state index in [1.165, 1.54) is 31.9 Å². The number of fused-ring (bicyclic) bond motifs is 4. The molecule has 4 amide bonds. The number of hydrogen-bond acceptors (Lipinski definition) is 8. The summed E-state index contributed by atoms with van der Waals surface area (Å²) in [6.45, 7) is 9.17. The molecule has 14 heteroatoms. The topological polar surface area (TPSA) is 183 Å². The number of unbranched alkanes of at least 4 members (excludes halogenated alkanes) is 1. The third kappa shape index (κ3) is 9.18. The number of nitrogens with zero attached hydrogens (tertiary/aromatic N) is 3. The summed E-state index contributed by atoms with van der Waals surface area (Å²) in [6.07, 6.45) is 12.8. The van der Waals surface area contributed by atoms with E-state index in [9.17, 15) is 19.2 Å². The number of alkyl carbamates (subject to hydrolysis) is 2. The molecule has 2 bridgehead atoms. The van der Waals surface area contributed by atoms with Crippen molar-refractivity contribution in [3.8, 4) is 0 Å². The highest BCUT2D eigenvalue weighted by Crippen LogP contribution is 2.58. The zero-order valence-electron chi connectivity index (χ0n) is 32.9. The van der Waals surface area contributed by atoms with Crippen molar-refractivity contribution in [3.63, 3.8) is 0 Å². The summed E-state index contributed by atoms with van der Waals surface area (Å²) >= 11 is 0. The minimum atomic E-state index is -0.653. The number of amides is 4. The molecular formula is C40H60N8O6. The molecule has 3 aromatic rings. The molecule has 2 atom stereocenters. The van der Waals surface area contributed by atoms with Crippen LogP contribution in [-0.4, -0.2) is 88.7 Å². The molecule has 296 valence electrons. The van der Waals surface area contributed by atoms with Crippen LogP contribution in [-0.2, 0) is 36.3 Å². The number of ether oxygens (including phenoxy) is 2. The number of aryl methyl sites for hydroxylation is 1. The molecule has 1 aromatic carbocycles. The van der Waals surface area contributed by atoms with E-state index in [-0.39, 0.29) is 41.1 Å². The predicted molar refractivity (Wildman–Crippen MR) is 206 cm³/mol. The number of imidazole rings is 2. The van der Waals surface area contributed by atoms with Gasteiger partial charge < -0.3 is 40.3 Å². The summed E-state index contributed by atoms with van der Waals surface area (Å²) < 4.78 is 9.26. The van der Waals surface area contributed by atoms with Gasteiger partial charge in [-0.05, 0) is 93.2 Å². The summed E-state index contributed by atoms with van der Waals surface area (Å²) in [5.41, 5.74) is 4.82. The van der Waals surface area contributed by atoms with Crippen LogP contribution in [0.5, 0.6) is 0 Å². The quantitative estimate of drug-likeness (QED) is 0.130. The van der Waals surface area contributed by atoms with Crippen LogP contribution in [0.4, 0.5) is 9.59 Å². The lowest BCUT2D eigenvalue weighted by molar-refractivity contribution is -0.135. The molecule has 4 fully saturated rings. The Morgan fingerprint density at radius 3 is 2.30 bits per heavy atom. The van der Waals surface area contributed by atoms with Crippen molar-refractivity contribution in [2.24, 2.45) is 5.92 Å². The van der Waals surface area contributed by atoms with Gasteiger partial charge in [-0.15, -0.1) is 0 Å². The number of methoxy groups -OCH3 is 2. The minimum Gasteiger partial charge on any atom is -0.453 e. The van der Waals surface area contributed by atoms with E-state index in [0.29, 0.717) is 13.1 Å². The van der Waals surface area contributed by atoms with Gasteiger partial charge in [-0.25, -0.2) is 19.6 Å². The van der Waals surface area contributed by atoms with E-state index in [2.05, 4.69) is 62.7 Å². The van der Waals surface area contributed by atoms with Crippen LogP contribution >= 0.6 is 0 Å². The number of likely N-dealkylation sites (tertiary alicyclic amines) is 1. The third-order valence-corrected chi connectivity index (χ3v) is 11.5. The lowest BCUT2D eigenvalue weighted by atomic mass is 9.51. The first-order valence-electron chi connectivity index (χ1n) is 19.8. The second-order valence-corrected chi connectivity index (χ2v) is 15.6. The zero-order chi connectivity index (χ0) is 38.9. The van der Waals surface area contributed by atoms with Crippen molar-refractivity contribution >= 4 is 35.0 Å². The monoisotopic (exact) mass is 748 g/mol. The number of H-pyrrole nitrogens is 2. The maximum absolute atomic E-state index is 13.6. The number of aromatic nitrogens is 4. The van der Waals surface area contributed by atoms with Gasteiger partial charge in [-0.1, -0.05) is 40.2 Å². The van der Waals surface area contributed by atoms with Gasteiger partial charge in [-0.3, -0.25) is 9.59 Å². The van der Waals surface area contributed by atoms with Gasteiger partial charge in [-0.2, -0.15) is 0 Å². The van der Waals surface area contributed by atoms with E-state index < -0.39 is 18.2 Å². The second kappa shape index (κ2) is 18.1. The summed E-state index contributed by atoms with van der Waals surface area (Å²) in [7, 11) is 2.57. The average Bonchev–Trinajstić information content (AvgIpc) is 3.96. The Morgan fingerprint density at radius 2 is 1.63 bits per heavy atom. The molecular weight excluding hydrogens is 688 g/mol. The lowest BCUT2D eigenvalue weighted by Crippen LogP contribution is -2.51. The Kier molecular flexibility index (Phi) is 13.6. The van der Waals surface area contributed by atoms with E-state index in [1.807, 2.05) is 24.9 Å². The molecule has 54 heavy (non-hydrogen) atoms. The Balaban J connectivity index is 0.00000181. The first kappa shape index (κ1) is 40.6. The second-order valence-electron chi connectivity index (χ2n) is 15.6. The van der Waals surface area contributed by atoms with E-state index in [1.54, 1.807) is 0 Å². The van der Waals surface area contributed by atoms with Crippen LogP contribution in [0.3, 0.4) is 0 Å². The summed E-state index contributed by atoms with van der Waals surface area (Å²) in [5, 5.41) is 7.91. The van der Waals surface area contributed by atoms with Gasteiger partial charge in [0.2, 0.25) is 11.8 Å². The van der Waals surface area contributed by atoms with E-state index >= 15 is 0 Å². The van der Waals surface area contributed by atoms with Crippen molar-refractivity contribution in [1.29, 1.82) is 0 Å². The number of carbonyl (C=O) groups excluding carboxylic acids is 4. The molecule has 14 nitrogen and oxygen atoms in total. The number of nitrogens with one attached hydrogen (secondary N) is 5. The molecule has 3 aliphatic carbocycles. The highest BCUT2D eigenvalue weighted by atomic mass is 16.5. The van der Waals surface area contributed by atoms with Crippen LogP contribution in [0.15, 0.2) is 24.4 Å². The third-order valence-electron chi connectivity index (χ3n) is 11.5. The van der Waals surface area contributed by atoms with Crippen molar-refractivity contribution < 1.29 is 28.7 Å². The predicted octanol–water partition coefficient (Wildman–Crippen LogP) is 6.08. The maximum Gasteiger partial charge on any atom is 0.407 e. The fourth-order valence-corrected chi connectivity index (χ4v) is 8.43. The highest BCUT2D eigenvalue weighted by molar-refractivity contribution is 5.86. The smallest absolute Gasteiger partial charge is 0.407 e. The Hall–Kier alpha value is -4.62. The largest absolute Gasteiger partial charge is 0.453 e.